The van der Waals surface area contributed by atoms with Crippen LogP contribution in [0, 0.1) is 18.4 Å². The van der Waals surface area contributed by atoms with Crippen molar-refractivity contribution in [1.82, 2.24) is 19.5 Å². The summed E-state index contributed by atoms with van der Waals surface area (Å²) >= 11 is 0. The van der Waals surface area contributed by atoms with Crippen molar-refractivity contribution < 1.29 is 28.2 Å². The minimum absolute atomic E-state index is 0.0627. The topological polar surface area (TPSA) is 117 Å². The molecule has 1 N–H and O–H groups in total. The number of anilines is 1. The maximum absolute atomic E-state index is 13.8. The first-order valence-electron chi connectivity index (χ1n) is 15.8. The number of unbranched alkanes of at least 4 members (excludes halogenated alkanes) is 11. The Morgan fingerprint density at radius 1 is 0.953 bits per heavy atom. The van der Waals surface area contributed by atoms with Crippen LogP contribution in [0.1, 0.15) is 110 Å². The van der Waals surface area contributed by atoms with Crippen LogP contribution in [0.25, 0.3) is 11.2 Å². The van der Waals surface area contributed by atoms with Gasteiger partial charge in [0.25, 0.3) is 0 Å². The Bertz CT molecular complexity index is 1150. The van der Waals surface area contributed by atoms with Crippen molar-refractivity contribution in [2.24, 2.45) is 0 Å². The molecule has 0 aliphatic rings. The molecule has 2 rings (SSSR count). The molecule has 43 heavy (non-hydrogen) atoms. The number of aryl methyl sites for hydroxylation is 1. The molecule has 0 bridgehead atoms. The minimum Gasteiger partial charge on any atom is -0.466 e. The molecule has 0 amide bonds. The zero-order valence-corrected chi connectivity index (χ0v) is 26.3. The SMILES string of the molecule is C#CC(CCn1cnc2c(NC)nc(F)nc21)(COC(=O)CCCC(=O)OCCCCCCCCCCCCCC)OC. The van der Waals surface area contributed by atoms with Gasteiger partial charge in [0.1, 0.15) is 6.61 Å². The number of methoxy groups -OCH3 is 1. The van der Waals surface area contributed by atoms with Crippen molar-refractivity contribution in [1.29, 1.82) is 0 Å². The first-order valence-corrected chi connectivity index (χ1v) is 15.8. The van der Waals surface area contributed by atoms with E-state index in [1.165, 1.54) is 77.6 Å². The summed E-state index contributed by atoms with van der Waals surface area (Å²) in [4.78, 5) is 36.1. The highest BCUT2D eigenvalue weighted by Crippen LogP contribution is 2.22. The van der Waals surface area contributed by atoms with E-state index >= 15 is 0 Å². The van der Waals surface area contributed by atoms with Crippen molar-refractivity contribution in [2.75, 3.05) is 32.7 Å². The number of fused-ring (bicyclic) bond motifs is 1. The fourth-order valence-corrected chi connectivity index (χ4v) is 4.81. The Kier molecular flexibility index (Phi) is 17.2. The predicted octanol–water partition coefficient (Wildman–Crippen LogP) is 6.37. The molecule has 0 radical (unpaired) electrons. The van der Waals surface area contributed by atoms with Crippen molar-refractivity contribution in [2.45, 2.75) is 122 Å². The summed E-state index contributed by atoms with van der Waals surface area (Å²) in [6.45, 7) is 2.78. The largest absolute Gasteiger partial charge is 0.466 e. The molecule has 0 spiro atoms. The third kappa shape index (κ3) is 13.3. The summed E-state index contributed by atoms with van der Waals surface area (Å²) in [7, 11) is 3.06. The number of imidazole rings is 1. The van der Waals surface area contributed by atoms with Gasteiger partial charge in [-0.1, -0.05) is 83.5 Å². The first kappa shape index (κ1) is 35.9. The number of rotatable bonds is 24. The van der Waals surface area contributed by atoms with Gasteiger partial charge in [-0.25, -0.2) is 4.98 Å². The molecular weight excluding hydrogens is 553 g/mol. The van der Waals surface area contributed by atoms with Crippen LogP contribution in [0.5, 0.6) is 0 Å². The van der Waals surface area contributed by atoms with Gasteiger partial charge in [0.2, 0.25) is 0 Å². The van der Waals surface area contributed by atoms with Gasteiger partial charge >= 0.3 is 18.0 Å². The van der Waals surface area contributed by atoms with Crippen molar-refractivity contribution in [3.63, 3.8) is 0 Å². The van der Waals surface area contributed by atoms with E-state index in [0.29, 0.717) is 24.2 Å². The van der Waals surface area contributed by atoms with Crippen molar-refractivity contribution >= 4 is 28.9 Å². The number of nitrogens with one attached hydrogen (secondary N) is 1. The molecule has 240 valence electrons. The van der Waals surface area contributed by atoms with Gasteiger partial charge in [-0.2, -0.15) is 14.4 Å². The van der Waals surface area contributed by atoms with Crippen LogP contribution in [0.3, 0.4) is 0 Å². The summed E-state index contributed by atoms with van der Waals surface area (Å²) in [5.41, 5.74) is -0.468. The Hall–Kier alpha value is -3.26. The van der Waals surface area contributed by atoms with E-state index in [1.54, 1.807) is 11.6 Å². The van der Waals surface area contributed by atoms with Crippen LogP contribution >= 0.6 is 0 Å². The number of ether oxygens (including phenoxy) is 3. The predicted molar refractivity (Wildman–Crippen MR) is 165 cm³/mol. The second-order valence-electron chi connectivity index (χ2n) is 10.9. The summed E-state index contributed by atoms with van der Waals surface area (Å²) in [5.74, 6) is 2.06. The van der Waals surface area contributed by atoms with Crippen LogP contribution < -0.4 is 5.32 Å². The molecule has 0 aliphatic heterocycles. The second-order valence-corrected chi connectivity index (χ2v) is 10.9. The number of aromatic nitrogens is 4. The fraction of sp³-hybridized carbons (Fsp3) is 0.719. The number of carbonyl (C=O) groups is 2. The molecule has 1 unspecified atom stereocenters. The molecule has 2 aromatic heterocycles. The van der Waals surface area contributed by atoms with Gasteiger partial charge in [-0.15, -0.1) is 6.42 Å². The van der Waals surface area contributed by atoms with E-state index in [2.05, 4.69) is 33.1 Å². The lowest BCUT2D eigenvalue weighted by Gasteiger charge is -2.26. The zero-order valence-electron chi connectivity index (χ0n) is 26.3. The lowest BCUT2D eigenvalue weighted by Crippen LogP contribution is -2.37. The maximum atomic E-state index is 13.8. The van der Waals surface area contributed by atoms with Gasteiger partial charge < -0.3 is 24.1 Å². The quantitative estimate of drug-likeness (QED) is 0.0632. The molecule has 11 heteroatoms. The number of terminal acetylenes is 1. The summed E-state index contributed by atoms with van der Waals surface area (Å²) in [5, 5.41) is 2.79. The molecule has 0 saturated heterocycles. The van der Waals surface area contributed by atoms with E-state index in [0.717, 1.165) is 12.8 Å². The van der Waals surface area contributed by atoms with Crippen LogP contribution in [0.2, 0.25) is 0 Å². The molecule has 2 heterocycles. The van der Waals surface area contributed by atoms with Crippen LogP contribution in [-0.4, -0.2) is 64.4 Å². The van der Waals surface area contributed by atoms with E-state index in [4.69, 9.17) is 20.6 Å². The Balaban J connectivity index is 1.58. The van der Waals surface area contributed by atoms with Gasteiger partial charge in [0.15, 0.2) is 22.6 Å². The first-order chi connectivity index (χ1) is 20.9. The molecule has 1 atom stereocenters. The van der Waals surface area contributed by atoms with Crippen molar-refractivity contribution in [3.05, 3.63) is 12.4 Å². The highest BCUT2D eigenvalue weighted by Gasteiger charge is 2.30. The number of carbonyl (C=O) groups excluding carboxylic acids is 2. The van der Waals surface area contributed by atoms with E-state index in [1.807, 2.05) is 0 Å². The Labute approximate surface area is 255 Å². The minimum atomic E-state index is -1.20. The van der Waals surface area contributed by atoms with Gasteiger partial charge in [0.05, 0.1) is 12.9 Å². The highest BCUT2D eigenvalue weighted by atomic mass is 19.1. The third-order valence-electron chi connectivity index (χ3n) is 7.57. The molecule has 0 fully saturated rings. The highest BCUT2D eigenvalue weighted by molar-refractivity contribution is 5.82. The number of hydrogen-bond donors (Lipinski definition) is 1. The summed E-state index contributed by atoms with van der Waals surface area (Å²) in [6.07, 6.45) is 22.2. The second kappa shape index (κ2) is 20.6. The molecule has 0 saturated carbocycles. The molecule has 0 aromatic carbocycles. The van der Waals surface area contributed by atoms with E-state index < -0.39 is 17.6 Å². The monoisotopic (exact) mass is 603 g/mol. The van der Waals surface area contributed by atoms with E-state index in [9.17, 15) is 14.0 Å². The number of esters is 2. The van der Waals surface area contributed by atoms with Crippen LogP contribution in [-0.2, 0) is 30.3 Å². The zero-order chi connectivity index (χ0) is 31.3. The number of nitrogens with zero attached hydrogens (tertiary/aromatic N) is 4. The Morgan fingerprint density at radius 3 is 2.14 bits per heavy atom. The standard InChI is InChI=1S/C32H50FN5O5/c1-5-7-8-9-10-11-12-13-14-15-16-17-23-42-26(39)19-18-20-27(40)43-24-32(6-2,41-4)21-22-38-25-35-28-29(34-3)36-31(33)37-30(28)38/h2,25H,5,7-24H2,1,3-4H3,(H,34,36,37). The van der Waals surface area contributed by atoms with Crippen LogP contribution in [0.4, 0.5) is 10.2 Å². The Morgan fingerprint density at radius 2 is 1.56 bits per heavy atom. The maximum Gasteiger partial charge on any atom is 0.312 e. The lowest BCUT2D eigenvalue weighted by atomic mass is 10.0. The van der Waals surface area contributed by atoms with Crippen molar-refractivity contribution in [3.8, 4) is 12.3 Å². The van der Waals surface area contributed by atoms with Gasteiger partial charge in [-0.3, -0.25) is 9.59 Å². The average Bonchev–Trinajstić information content (AvgIpc) is 3.42. The molecular formula is C32H50FN5O5. The molecule has 10 nitrogen and oxygen atoms in total. The molecule has 2 aromatic rings. The van der Waals surface area contributed by atoms with E-state index in [-0.39, 0.29) is 44.2 Å². The van der Waals surface area contributed by atoms with Gasteiger partial charge in [0, 0.05) is 40.0 Å². The normalized spacial score (nSPS) is 12.5. The smallest absolute Gasteiger partial charge is 0.312 e. The average molecular weight is 604 g/mol. The molecule has 0 aliphatic carbocycles. The number of halogens is 1. The summed E-state index contributed by atoms with van der Waals surface area (Å²) < 4.78 is 31.7. The third-order valence-corrected chi connectivity index (χ3v) is 7.57. The number of hydrogen-bond acceptors (Lipinski definition) is 9. The lowest BCUT2D eigenvalue weighted by molar-refractivity contribution is -0.151. The fourth-order valence-electron chi connectivity index (χ4n) is 4.81. The summed E-state index contributed by atoms with van der Waals surface area (Å²) in [6, 6.07) is 0. The van der Waals surface area contributed by atoms with Gasteiger partial charge in [-0.05, 0) is 12.8 Å². The van der Waals surface area contributed by atoms with Crippen LogP contribution in [0.15, 0.2) is 6.33 Å².